The summed E-state index contributed by atoms with van der Waals surface area (Å²) in [7, 11) is 0. The Hall–Kier alpha value is -2.99. The number of carbonyl (C=O) groups excluding carboxylic acids is 2. The second-order valence-electron chi connectivity index (χ2n) is 7.50. The van der Waals surface area contributed by atoms with Crippen molar-refractivity contribution >= 4 is 40.5 Å². The molecule has 1 saturated heterocycles. The predicted molar refractivity (Wildman–Crippen MR) is 126 cm³/mol. The van der Waals surface area contributed by atoms with E-state index in [1.165, 1.54) is 4.90 Å². The van der Waals surface area contributed by atoms with Gasteiger partial charge in [-0.15, -0.1) is 6.58 Å². The monoisotopic (exact) mass is 421 g/mol. The van der Waals surface area contributed by atoms with Crippen LogP contribution in [-0.4, -0.2) is 34.4 Å². The first-order chi connectivity index (χ1) is 14.3. The molecule has 0 saturated carbocycles. The maximum Gasteiger partial charge on any atom is 0.257 e. The molecule has 0 unspecified atom stereocenters. The van der Waals surface area contributed by atoms with Crippen LogP contribution in [0.1, 0.15) is 30.0 Å². The maximum atomic E-state index is 13.2. The van der Waals surface area contributed by atoms with Gasteiger partial charge in [-0.3, -0.25) is 9.59 Å². The Kier molecular flexibility index (Phi) is 6.67. The van der Waals surface area contributed by atoms with E-state index in [-0.39, 0.29) is 18.2 Å². The van der Waals surface area contributed by atoms with Crippen molar-refractivity contribution < 1.29 is 9.59 Å². The smallest absolute Gasteiger partial charge is 0.257 e. The number of nitrogens with zero attached hydrogens (tertiary/aromatic N) is 2. The average Bonchev–Trinajstić information content (AvgIpc) is 3.02. The molecule has 1 aliphatic heterocycles. The van der Waals surface area contributed by atoms with Crippen LogP contribution in [-0.2, 0) is 16.0 Å². The van der Waals surface area contributed by atoms with Crippen molar-refractivity contribution in [3.05, 3.63) is 71.8 Å². The van der Waals surface area contributed by atoms with E-state index in [9.17, 15) is 9.59 Å². The van der Waals surface area contributed by atoms with Gasteiger partial charge in [-0.25, -0.2) is 4.90 Å². The van der Waals surface area contributed by atoms with E-state index in [0.29, 0.717) is 17.3 Å². The topological polar surface area (TPSA) is 52.7 Å². The zero-order valence-electron chi connectivity index (χ0n) is 17.6. The molecule has 0 aliphatic carbocycles. The van der Waals surface area contributed by atoms with Crippen molar-refractivity contribution in [2.45, 2.75) is 39.7 Å². The Morgan fingerprint density at radius 2 is 1.93 bits per heavy atom. The number of hydrogen-bond acceptors (Lipinski definition) is 3. The minimum Gasteiger partial charge on any atom is -0.333 e. The second kappa shape index (κ2) is 9.22. The number of imide groups is 1. The van der Waals surface area contributed by atoms with Gasteiger partial charge in [-0.2, -0.15) is 0 Å². The van der Waals surface area contributed by atoms with Crippen LogP contribution in [0, 0.1) is 13.8 Å². The molecule has 30 heavy (non-hydrogen) atoms. The van der Waals surface area contributed by atoms with E-state index < -0.39 is 6.04 Å². The Labute approximate surface area is 183 Å². The van der Waals surface area contributed by atoms with Crippen LogP contribution in [0.15, 0.2) is 55.1 Å². The molecule has 1 fully saturated rings. The van der Waals surface area contributed by atoms with Gasteiger partial charge in [0.05, 0.1) is 12.1 Å². The predicted octanol–water partition coefficient (Wildman–Crippen LogP) is 4.38. The highest BCUT2D eigenvalue weighted by molar-refractivity contribution is 7.80. The third-order valence-corrected chi connectivity index (χ3v) is 5.66. The lowest BCUT2D eigenvalue weighted by Gasteiger charge is -2.29. The molecule has 2 aromatic carbocycles. The Morgan fingerprint density at radius 3 is 2.57 bits per heavy atom. The fourth-order valence-electron chi connectivity index (χ4n) is 3.56. The third kappa shape index (κ3) is 4.44. The number of nitrogens with one attached hydrogen (secondary N) is 1. The van der Waals surface area contributed by atoms with E-state index in [4.69, 9.17) is 12.2 Å². The highest BCUT2D eigenvalue weighted by Gasteiger charge is 2.43. The molecule has 156 valence electrons. The normalized spacial score (nSPS) is 16.0. The summed E-state index contributed by atoms with van der Waals surface area (Å²) in [6.45, 7) is 10.2. The Balaban J connectivity index is 1.83. The summed E-state index contributed by atoms with van der Waals surface area (Å²) in [5.41, 5.74) is 4.79. The molecule has 0 bridgehead atoms. The molecular formula is C24H27N3O2S. The first-order valence-electron chi connectivity index (χ1n) is 10.1. The van der Waals surface area contributed by atoms with Crippen molar-refractivity contribution in [2.24, 2.45) is 0 Å². The number of thiocarbonyl (C=S) groups is 1. The highest BCUT2D eigenvalue weighted by Crippen LogP contribution is 2.27. The molecule has 1 atom stereocenters. The lowest BCUT2D eigenvalue weighted by atomic mass is 10.1. The number of hydrogen-bond donors (Lipinski definition) is 1. The number of benzene rings is 2. The molecule has 2 amide bonds. The summed E-state index contributed by atoms with van der Waals surface area (Å²) in [4.78, 5) is 28.9. The van der Waals surface area contributed by atoms with Gasteiger partial charge in [-0.05, 0) is 67.4 Å². The van der Waals surface area contributed by atoms with Crippen LogP contribution in [0.3, 0.4) is 0 Å². The standard InChI is InChI=1S/C24H27N3O2S/c1-5-13-26(24(30)25-20-14-16(3)7-8-17(20)4)21-15-22(28)27(23(21)29)19-11-9-18(6-2)10-12-19/h5,7-12,14,21H,1,6,13,15H2,2-4H3,(H,25,30)/t21-/m0/s1. The summed E-state index contributed by atoms with van der Waals surface area (Å²) in [5.74, 6) is -0.492. The van der Waals surface area contributed by atoms with Crippen LogP contribution in [0.25, 0.3) is 0 Å². The molecule has 1 heterocycles. The average molecular weight is 422 g/mol. The number of anilines is 2. The Bertz CT molecular complexity index is 984. The van der Waals surface area contributed by atoms with Gasteiger partial charge in [0.2, 0.25) is 5.91 Å². The molecule has 0 radical (unpaired) electrons. The van der Waals surface area contributed by atoms with Crippen LogP contribution in [0.5, 0.6) is 0 Å². The maximum absolute atomic E-state index is 13.2. The summed E-state index contributed by atoms with van der Waals surface area (Å²) in [6, 6.07) is 12.9. The van der Waals surface area contributed by atoms with Crippen molar-refractivity contribution in [3.8, 4) is 0 Å². The number of amides is 2. The van der Waals surface area contributed by atoms with Crippen molar-refractivity contribution in [1.82, 2.24) is 4.90 Å². The quantitative estimate of drug-likeness (QED) is 0.426. The number of carbonyl (C=O) groups is 2. The minimum atomic E-state index is -0.661. The van der Waals surface area contributed by atoms with Crippen molar-refractivity contribution in [3.63, 3.8) is 0 Å². The lowest BCUT2D eigenvalue weighted by Crippen LogP contribution is -2.47. The SMILES string of the molecule is C=CCN(C(=S)Nc1cc(C)ccc1C)[C@H]1CC(=O)N(c2ccc(CC)cc2)C1=O. The van der Waals surface area contributed by atoms with Crippen LogP contribution in [0.4, 0.5) is 11.4 Å². The first kappa shape index (κ1) is 21.7. The van der Waals surface area contributed by atoms with E-state index in [0.717, 1.165) is 28.8 Å². The van der Waals surface area contributed by atoms with Crippen LogP contribution in [0.2, 0.25) is 0 Å². The lowest BCUT2D eigenvalue weighted by molar-refractivity contribution is -0.122. The zero-order valence-corrected chi connectivity index (χ0v) is 18.5. The van der Waals surface area contributed by atoms with Gasteiger partial charge in [-0.1, -0.05) is 37.3 Å². The van der Waals surface area contributed by atoms with E-state index >= 15 is 0 Å². The molecule has 1 aliphatic rings. The minimum absolute atomic E-state index is 0.0802. The largest absolute Gasteiger partial charge is 0.333 e. The molecule has 0 spiro atoms. The summed E-state index contributed by atoms with van der Waals surface area (Å²) < 4.78 is 0. The van der Waals surface area contributed by atoms with Crippen molar-refractivity contribution in [2.75, 3.05) is 16.8 Å². The van der Waals surface area contributed by atoms with Gasteiger partial charge in [0.1, 0.15) is 6.04 Å². The van der Waals surface area contributed by atoms with Crippen molar-refractivity contribution in [1.29, 1.82) is 0 Å². The van der Waals surface area contributed by atoms with Gasteiger partial charge in [0.15, 0.2) is 5.11 Å². The van der Waals surface area contributed by atoms with Crippen LogP contribution >= 0.6 is 12.2 Å². The first-order valence-corrected chi connectivity index (χ1v) is 10.5. The molecule has 5 nitrogen and oxygen atoms in total. The third-order valence-electron chi connectivity index (χ3n) is 5.32. The van der Waals surface area contributed by atoms with E-state index in [1.807, 2.05) is 56.3 Å². The molecular weight excluding hydrogens is 394 g/mol. The number of aryl methyl sites for hydroxylation is 3. The van der Waals surface area contributed by atoms with Gasteiger partial charge >= 0.3 is 0 Å². The van der Waals surface area contributed by atoms with E-state index in [2.05, 4.69) is 18.8 Å². The fraction of sp³-hybridized carbons (Fsp3) is 0.292. The summed E-state index contributed by atoms with van der Waals surface area (Å²) in [6.07, 6.45) is 2.67. The molecule has 2 aromatic rings. The molecule has 3 rings (SSSR count). The second-order valence-corrected chi connectivity index (χ2v) is 7.88. The Morgan fingerprint density at radius 1 is 1.23 bits per heavy atom. The van der Waals surface area contributed by atoms with E-state index in [1.54, 1.807) is 11.0 Å². The summed E-state index contributed by atoms with van der Waals surface area (Å²) in [5, 5.41) is 3.65. The fourth-order valence-corrected chi connectivity index (χ4v) is 3.87. The van der Waals surface area contributed by atoms with Gasteiger partial charge in [0.25, 0.3) is 5.91 Å². The highest BCUT2D eigenvalue weighted by atomic mass is 32.1. The zero-order chi connectivity index (χ0) is 21.8. The molecule has 0 aromatic heterocycles. The van der Waals surface area contributed by atoms with Crippen LogP contribution < -0.4 is 10.2 Å². The number of rotatable bonds is 6. The molecule has 1 N–H and O–H groups in total. The summed E-state index contributed by atoms with van der Waals surface area (Å²) >= 11 is 5.63. The van der Waals surface area contributed by atoms with Gasteiger partial charge < -0.3 is 10.2 Å². The van der Waals surface area contributed by atoms with Gasteiger partial charge in [0, 0.05) is 12.2 Å². The molecule has 6 heteroatoms.